The van der Waals surface area contributed by atoms with E-state index in [0.29, 0.717) is 0 Å². The summed E-state index contributed by atoms with van der Waals surface area (Å²) >= 11 is 0. The maximum Gasteiger partial charge on any atom is 0.123 e. The minimum absolute atomic E-state index is 0.160. The van der Waals surface area contributed by atoms with Crippen LogP contribution in [-0.4, -0.2) is 0 Å². The number of benzene rings is 1. The molecule has 1 aromatic carbocycles. The number of nitrogens with zero attached hydrogens (tertiary/aromatic N) is 1. The Bertz CT molecular complexity index is 246. The fourth-order valence-electron chi connectivity index (χ4n) is 0.720. The first-order valence-corrected chi connectivity index (χ1v) is 4.79. The predicted octanol–water partition coefficient (Wildman–Crippen LogP) is 3.94. The van der Waals surface area contributed by atoms with Crippen LogP contribution < -0.4 is 0 Å². The molecule has 78 valence electrons. The molecule has 1 rings (SSSR count). The van der Waals surface area contributed by atoms with Crippen LogP contribution in [0.25, 0.3) is 0 Å². The van der Waals surface area contributed by atoms with E-state index in [1.165, 1.54) is 24.6 Å². The van der Waals surface area contributed by atoms with Gasteiger partial charge in [-0.15, -0.1) is 0 Å². The Morgan fingerprint density at radius 3 is 1.86 bits per heavy atom. The van der Waals surface area contributed by atoms with Crippen molar-refractivity contribution in [2.45, 2.75) is 34.1 Å². The number of halogens is 1. The normalized spacial score (nSPS) is 7.14. The van der Waals surface area contributed by atoms with Gasteiger partial charge < -0.3 is 0 Å². The van der Waals surface area contributed by atoms with Crippen molar-refractivity contribution < 1.29 is 4.39 Å². The number of hydrogen-bond acceptors (Lipinski definition) is 1. The zero-order valence-electron chi connectivity index (χ0n) is 9.34. The van der Waals surface area contributed by atoms with E-state index in [2.05, 4.69) is 0 Å². The van der Waals surface area contributed by atoms with Crippen LogP contribution in [0.1, 0.15) is 33.3 Å². The summed E-state index contributed by atoms with van der Waals surface area (Å²) < 4.78 is 12.2. The number of nitriles is 1. The van der Waals surface area contributed by atoms with Crippen molar-refractivity contribution in [1.29, 1.82) is 5.26 Å². The second kappa shape index (κ2) is 11.6. The van der Waals surface area contributed by atoms with E-state index >= 15 is 0 Å². The molecule has 0 aliphatic heterocycles. The summed E-state index contributed by atoms with van der Waals surface area (Å²) in [7, 11) is 0. The van der Waals surface area contributed by atoms with Crippen molar-refractivity contribution in [3.05, 3.63) is 35.6 Å². The molecule has 0 radical (unpaired) electrons. The number of hydrogen-bond donors (Lipinski definition) is 0. The molecule has 0 aromatic heterocycles. The third-order valence-electron chi connectivity index (χ3n) is 1.32. The minimum Gasteiger partial charge on any atom is -0.207 e. The van der Waals surface area contributed by atoms with Gasteiger partial charge >= 0.3 is 0 Å². The molecule has 0 bridgehead atoms. The van der Waals surface area contributed by atoms with Crippen LogP contribution in [0.5, 0.6) is 0 Å². The van der Waals surface area contributed by atoms with Crippen molar-refractivity contribution in [2.24, 2.45) is 0 Å². The molecule has 1 aromatic rings. The summed E-state index contributed by atoms with van der Waals surface area (Å²) in [4.78, 5) is 0. The lowest BCUT2D eigenvalue weighted by molar-refractivity contribution is 0.627. The Morgan fingerprint density at radius 1 is 1.21 bits per heavy atom. The van der Waals surface area contributed by atoms with Gasteiger partial charge in [0.05, 0.1) is 6.07 Å². The Kier molecular flexibility index (Phi) is 12.6. The molecule has 0 amide bonds. The molecule has 0 N–H and O–H groups in total. The van der Waals surface area contributed by atoms with Gasteiger partial charge in [0, 0.05) is 6.92 Å². The SMILES string of the molecule is CC.CC#N.CCc1ccc(F)cc1. The van der Waals surface area contributed by atoms with Crippen LogP contribution in [0.3, 0.4) is 0 Å². The van der Waals surface area contributed by atoms with E-state index in [-0.39, 0.29) is 5.82 Å². The van der Waals surface area contributed by atoms with Gasteiger partial charge in [-0.05, 0) is 24.1 Å². The van der Waals surface area contributed by atoms with Crippen molar-refractivity contribution in [1.82, 2.24) is 0 Å². The topological polar surface area (TPSA) is 23.8 Å². The molecule has 0 atom stereocenters. The molecule has 0 aliphatic carbocycles. The van der Waals surface area contributed by atoms with E-state index in [1.54, 1.807) is 18.2 Å². The van der Waals surface area contributed by atoms with Crippen molar-refractivity contribution in [2.75, 3.05) is 0 Å². The average molecular weight is 195 g/mol. The van der Waals surface area contributed by atoms with Crippen LogP contribution in [0.15, 0.2) is 24.3 Å². The first-order valence-electron chi connectivity index (χ1n) is 4.79. The van der Waals surface area contributed by atoms with Crippen LogP contribution >= 0.6 is 0 Å². The molecule has 0 saturated carbocycles. The van der Waals surface area contributed by atoms with Gasteiger partial charge in [0.1, 0.15) is 5.82 Å². The second-order valence-corrected chi connectivity index (χ2v) is 2.20. The maximum absolute atomic E-state index is 12.2. The molecule has 0 spiro atoms. The maximum atomic E-state index is 12.2. The lowest BCUT2D eigenvalue weighted by atomic mass is 10.2. The van der Waals surface area contributed by atoms with Crippen LogP contribution in [0.2, 0.25) is 0 Å². The van der Waals surface area contributed by atoms with Gasteiger partial charge in [-0.1, -0.05) is 32.9 Å². The van der Waals surface area contributed by atoms with Gasteiger partial charge in [-0.25, -0.2) is 4.39 Å². The minimum atomic E-state index is -0.160. The highest BCUT2D eigenvalue weighted by atomic mass is 19.1. The summed E-state index contributed by atoms with van der Waals surface area (Å²) in [5, 5.41) is 7.32. The molecule has 0 fully saturated rings. The van der Waals surface area contributed by atoms with Gasteiger partial charge in [0.25, 0.3) is 0 Å². The number of rotatable bonds is 1. The smallest absolute Gasteiger partial charge is 0.123 e. The Morgan fingerprint density at radius 2 is 1.57 bits per heavy atom. The third-order valence-corrected chi connectivity index (χ3v) is 1.32. The molecule has 0 saturated heterocycles. The van der Waals surface area contributed by atoms with E-state index in [4.69, 9.17) is 5.26 Å². The summed E-state index contributed by atoms with van der Waals surface area (Å²) in [6, 6.07) is 8.32. The molecule has 2 heteroatoms. The lowest BCUT2D eigenvalue weighted by Gasteiger charge is -1.92. The average Bonchev–Trinajstić information content (AvgIpc) is 2.23. The van der Waals surface area contributed by atoms with E-state index < -0.39 is 0 Å². The zero-order valence-corrected chi connectivity index (χ0v) is 9.34. The van der Waals surface area contributed by atoms with E-state index in [9.17, 15) is 4.39 Å². The summed E-state index contributed by atoms with van der Waals surface area (Å²) in [5.41, 5.74) is 1.18. The highest BCUT2D eigenvalue weighted by Gasteiger charge is 1.87. The standard InChI is InChI=1S/C8H9F.C2H3N.C2H6/c1-2-7-3-5-8(9)6-4-7;1-2-3;1-2/h3-6H,2H2,1H3;1H3;1-2H3. The highest BCUT2D eigenvalue weighted by molar-refractivity contribution is 5.15. The van der Waals surface area contributed by atoms with Gasteiger partial charge in [0.15, 0.2) is 0 Å². The Balaban J connectivity index is 0. The zero-order chi connectivity index (χ0) is 11.4. The second-order valence-electron chi connectivity index (χ2n) is 2.20. The molecular weight excluding hydrogens is 177 g/mol. The highest BCUT2D eigenvalue weighted by Crippen LogP contribution is 2.01. The van der Waals surface area contributed by atoms with Crippen LogP contribution in [-0.2, 0) is 6.42 Å². The summed E-state index contributed by atoms with van der Waals surface area (Å²) in [5.74, 6) is -0.160. The first-order chi connectivity index (χ1) is 6.74. The first kappa shape index (κ1) is 15.1. The molecule has 0 unspecified atom stereocenters. The largest absolute Gasteiger partial charge is 0.207 e. The van der Waals surface area contributed by atoms with Gasteiger partial charge in [0.2, 0.25) is 0 Å². The van der Waals surface area contributed by atoms with Crippen molar-refractivity contribution in [3.63, 3.8) is 0 Å². The molecule has 0 aliphatic rings. The fraction of sp³-hybridized carbons (Fsp3) is 0.417. The summed E-state index contributed by atoms with van der Waals surface area (Å²) in [6.07, 6.45) is 0.972. The van der Waals surface area contributed by atoms with E-state index in [0.717, 1.165) is 6.42 Å². The Labute approximate surface area is 86.2 Å². The van der Waals surface area contributed by atoms with Crippen LogP contribution in [0, 0.1) is 17.1 Å². The van der Waals surface area contributed by atoms with Crippen molar-refractivity contribution in [3.8, 4) is 6.07 Å². The van der Waals surface area contributed by atoms with Gasteiger partial charge in [-0.3, -0.25) is 0 Å². The molecule has 14 heavy (non-hydrogen) atoms. The third kappa shape index (κ3) is 8.73. The monoisotopic (exact) mass is 195 g/mol. The van der Waals surface area contributed by atoms with E-state index in [1.807, 2.05) is 20.8 Å². The Hall–Kier alpha value is -1.36. The van der Waals surface area contributed by atoms with Crippen molar-refractivity contribution >= 4 is 0 Å². The molecular formula is C12H18FN. The number of aryl methyl sites for hydroxylation is 1. The molecule has 1 nitrogen and oxygen atoms in total. The quantitative estimate of drug-likeness (QED) is 0.665. The fourth-order valence-corrected chi connectivity index (χ4v) is 0.720. The van der Waals surface area contributed by atoms with Crippen LogP contribution in [0.4, 0.5) is 4.39 Å². The summed E-state index contributed by atoms with van der Waals surface area (Å²) in [6.45, 7) is 7.48. The molecule has 0 heterocycles. The lowest BCUT2D eigenvalue weighted by Crippen LogP contribution is -1.78. The van der Waals surface area contributed by atoms with Gasteiger partial charge in [-0.2, -0.15) is 5.26 Å². The predicted molar refractivity (Wildman–Crippen MR) is 58.4 cm³/mol.